The largest absolute Gasteiger partial charge is 0.292 e. The van der Waals surface area contributed by atoms with Crippen molar-refractivity contribution in [1.82, 2.24) is 0 Å². The summed E-state index contributed by atoms with van der Waals surface area (Å²) in [6.07, 6.45) is 4.60. The van der Waals surface area contributed by atoms with Crippen LogP contribution in [0.25, 0.3) is 0 Å². The topological polar surface area (TPSA) is 12.4 Å². The smallest absolute Gasteiger partial charge is 0.0417 e. The van der Waals surface area contributed by atoms with Crippen molar-refractivity contribution in [2.75, 3.05) is 7.05 Å². The van der Waals surface area contributed by atoms with Gasteiger partial charge in [-0.25, -0.2) is 0 Å². The van der Waals surface area contributed by atoms with Crippen LogP contribution in [0.3, 0.4) is 0 Å². The zero-order valence-electron chi connectivity index (χ0n) is 10.1. The summed E-state index contributed by atoms with van der Waals surface area (Å²) in [5, 5.41) is 0. The van der Waals surface area contributed by atoms with Gasteiger partial charge in [0.15, 0.2) is 0 Å². The first-order valence-corrected chi connectivity index (χ1v) is 5.86. The second kappa shape index (κ2) is 6.39. The second-order valence-corrected chi connectivity index (χ2v) is 3.87. The minimum atomic E-state index is 1.08. The van der Waals surface area contributed by atoms with Gasteiger partial charge in [-0.05, 0) is 30.0 Å². The van der Waals surface area contributed by atoms with Crippen LogP contribution in [0.15, 0.2) is 29.3 Å². The van der Waals surface area contributed by atoms with Gasteiger partial charge in [0.05, 0.1) is 0 Å². The van der Waals surface area contributed by atoms with E-state index < -0.39 is 0 Å². The maximum atomic E-state index is 4.37. The Balaban J connectivity index is 2.88. The molecule has 1 aromatic rings. The van der Waals surface area contributed by atoms with Crippen LogP contribution in [0.1, 0.15) is 44.2 Å². The third kappa shape index (κ3) is 3.50. The lowest BCUT2D eigenvalue weighted by Crippen LogP contribution is -2.01. The minimum Gasteiger partial charge on any atom is -0.292 e. The highest BCUT2D eigenvalue weighted by molar-refractivity contribution is 6.00. The number of aryl methyl sites for hydroxylation is 1. The fourth-order valence-electron chi connectivity index (χ4n) is 1.82. The molecule has 0 heterocycles. The SMILES string of the molecule is CCCC(=NC)c1cccc(CCC)c1. The molecule has 0 amide bonds. The zero-order chi connectivity index (χ0) is 11.1. The van der Waals surface area contributed by atoms with E-state index in [2.05, 4.69) is 43.1 Å². The van der Waals surface area contributed by atoms with Crippen molar-refractivity contribution in [2.24, 2.45) is 4.99 Å². The summed E-state index contributed by atoms with van der Waals surface area (Å²) in [7, 11) is 1.89. The summed E-state index contributed by atoms with van der Waals surface area (Å²) in [6.45, 7) is 4.41. The van der Waals surface area contributed by atoms with Crippen molar-refractivity contribution in [3.8, 4) is 0 Å². The highest BCUT2D eigenvalue weighted by Crippen LogP contribution is 2.11. The number of aliphatic imine (C=N–C) groups is 1. The zero-order valence-corrected chi connectivity index (χ0v) is 10.1. The average molecular weight is 203 g/mol. The van der Waals surface area contributed by atoms with Gasteiger partial charge in [0, 0.05) is 12.8 Å². The molecule has 0 aliphatic rings. The summed E-state index contributed by atoms with van der Waals surface area (Å²) in [5.41, 5.74) is 3.95. The molecule has 1 rings (SSSR count). The lowest BCUT2D eigenvalue weighted by molar-refractivity contribution is 0.920. The molecule has 15 heavy (non-hydrogen) atoms. The van der Waals surface area contributed by atoms with Crippen LogP contribution in [0, 0.1) is 0 Å². The maximum absolute atomic E-state index is 4.37. The molecular weight excluding hydrogens is 182 g/mol. The van der Waals surface area contributed by atoms with Crippen LogP contribution in [0.4, 0.5) is 0 Å². The maximum Gasteiger partial charge on any atom is 0.0417 e. The minimum absolute atomic E-state index is 1.08. The van der Waals surface area contributed by atoms with E-state index in [0.717, 1.165) is 19.3 Å². The molecule has 0 aromatic heterocycles. The third-order valence-electron chi connectivity index (χ3n) is 2.56. The van der Waals surface area contributed by atoms with Crippen LogP contribution in [-0.4, -0.2) is 12.8 Å². The van der Waals surface area contributed by atoms with Crippen LogP contribution in [0.5, 0.6) is 0 Å². The standard InChI is InChI=1S/C14H21N/c1-4-7-12-9-6-10-13(11-12)14(15-3)8-5-2/h6,9-11H,4-5,7-8H2,1-3H3. The van der Waals surface area contributed by atoms with E-state index in [-0.39, 0.29) is 0 Å². The second-order valence-electron chi connectivity index (χ2n) is 3.87. The molecule has 0 unspecified atom stereocenters. The van der Waals surface area contributed by atoms with E-state index in [1.165, 1.54) is 23.3 Å². The summed E-state index contributed by atoms with van der Waals surface area (Å²) < 4.78 is 0. The predicted molar refractivity (Wildman–Crippen MR) is 67.8 cm³/mol. The molecule has 0 atom stereocenters. The van der Waals surface area contributed by atoms with Gasteiger partial charge < -0.3 is 0 Å². The Labute approximate surface area is 93.2 Å². The van der Waals surface area contributed by atoms with Gasteiger partial charge in [-0.3, -0.25) is 4.99 Å². The molecule has 0 radical (unpaired) electrons. The van der Waals surface area contributed by atoms with E-state index in [4.69, 9.17) is 0 Å². The van der Waals surface area contributed by atoms with Crippen molar-refractivity contribution in [3.05, 3.63) is 35.4 Å². The van der Waals surface area contributed by atoms with E-state index in [1.807, 2.05) is 7.05 Å². The molecule has 0 aliphatic carbocycles. The lowest BCUT2D eigenvalue weighted by Gasteiger charge is -2.06. The lowest BCUT2D eigenvalue weighted by atomic mass is 10.0. The van der Waals surface area contributed by atoms with Crippen molar-refractivity contribution >= 4 is 5.71 Å². The molecule has 0 aliphatic heterocycles. The molecule has 0 N–H and O–H groups in total. The molecule has 0 spiro atoms. The number of hydrogen-bond acceptors (Lipinski definition) is 1. The highest BCUT2D eigenvalue weighted by atomic mass is 14.7. The van der Waals surface area contributed by atoms with Gasteiger partial charge in [-0.2, -0.15) is 0 Å². The van der Waals surface area contributed by atoms with Gasteiger partial charge in [0.2, 0.25) is 0 Å². The Morgan fingerprint density at radius 3 is 2.60 bits per heavy atom. The van der Waals surface area contributed by atoms with Crippen molar-refractivity contribution in [2.45, 2.75) is 39.5 Å². The summed E-state index contributed by atoms with van der Waals surface area (Å²) >= 11 is 0. The van der Waals surface area contributed by atoms with Gasteiger partial charge in [0.1, 0.15) is 0 Å². The highest BCUT2D eigenvalue weighted by Gasteiger charge is 2.02. The fraction of sp³-hybridized carbons (Fsp3) is 0.500. The van der Waals surface area contributed by atoms with Crippen LogP contribution in [0.2, 0.25) is 0 Å². The normalized spacial score (nSPS) is 11.8. The average Bonchev–Trinajstić information content (AvgIpc) is 2.27. The van der Waals surface area contributed by atoms with E-state index >= 15 is 0 Å². The van der Waals surface area contributed by atoms with E-state index in [9.17, 15) is 0 Å². The number of benzene rings is 1. The quantitative estimate of drug-likeness (QED) is 0.644. The number of hydrogen-bond donors (Lipinski definition) is 0. The summed E-state index contributed by atoms with van der Waals surface area (Å²) in [4.78, 5) is 4.37. The molecular formula is C14H21N. The van der Waals surface area contributed by atoms with Crippen molar-refractivity contribution < 1.29 is 0 Å². The Morgan fingerprint density at radius 1 is 1.20 bits per heavy atom. The van der Waals surface area contributed by atoms with E-state index in [0.29, 0.717) is 0 Å². The van der Waals surface area contributed by atoms with Crippen molar-refractivity contribution in [3.63, 3.8) is 0 Å². The molecule has 1 nitrogen and oxygen atoms in total. The molecule has 0 bridgehead atoms. The van der Waals surface area contributed by atoms with Crippen LogP contribution in [-0.2, 0) is 6.42 Å². The fourth-order valence-corrected chi connectivity index (χ4v) is 1.82. The van der Waals surface area contributed by atoms with Crippen molar-refractivity contribution in [1.29, 1.82) is 0 Å². The predicted octanol–water partition coefficient (Wildman–Crippen LogP) is 3.86. The van der Waals surface area contributed by atoms with Gasteiger partial charge in [-0.1, -0.05) is 44.9 Å². The Bertz CT molecular complexity index is 326. The molecule has 0 saturated heterocycles. The molecule has 0 fully saturated rings. The van der Waals surface area contributed by atoms with Gasteiger partial charge in [0.25, 0.3) is 0 Å². The monoisotopic (exact) mass is 203 g/mol. The number of nitrogens with zero attached hydrogens (tertiary/aromatic N) is 1. The van der Waals surface area contributed by atoms with Gasteiger partial charge in [-0.15, -0.1) is 0 Å². The Kier molecular flexibility index (Phi) is 5.09. The van der Waals surface area contributed by atoms with E-state index in [1.54, 1.807) is 0 Å². The first kappa shape index (κ1) is 12.0. The van der Waals surface area contributed by atoms with Gasteiger partial charge >= 0.3 is 0 Å². The Hall–Kier alpha value is -1.11. The molecule has 82 valence electrons. The van der Waals surface area contributed by atoms with Crippen LogP contribution < -0.4 is 0 Å². The first-order chi connectivity index (χ1) is 7.31. The molecule has 1 heteroatoms. The van der Waals surface area contributed by atoms with Crippen LogP contribution >= 0.6 is 0 Å². The molecule has 1 aromatic carbocycles. The first-order valence-electron chi connectivity index (χ1n) is 5.86. The third-order valence-corrected chi connectivity index (χ3v) is 2.56. The molecule has 0 saturated carbocycles. The summed E-state index contributed by atoms with van der Waals surface area (Å²) in [6, 6.07) is 8.78. The number of rotatable bonds is 5. The summed E-state index contributed by atoms with van der Waals surface area (Å²) in [5.74, 6) is 0. The Morgan fingerprint density at radius 2 is 2.00 bits per heavy atom.